The molecule has 1 saturated heterocycles. The zero-order valence-electron chi connectivity index (χ0n) is 12.9. The summed E-state index contributed by atoms with van der Waals surface area (Å²) in [5.41, 5.74) is 5.45. The molecule has 2 rings (SSSR count). The Balaban J connectivity index is 2.28. The number of nitro benzene ring substituents is 1. The number of primary amides is 1. The summed E-state index contributed by atoms with van der Waals surface area (Å²) in [6, 6.07) is 4.13. The van der Waals surface area contributed by atoms with Crippen molar-refractivity contribution in [3.05, 3.63) is 33.9 Å². The number of hydrogen-bond acceptors (Lipinski definition) is 6. The molecule has 1 heterocycles. The normalized spacial score (nSPS) is 17.6. The molecule has 0 aromatic heterocycles. The van der Waals surface area contributed by atoms with Crippen molar-refractivity contribution in [3.8, 4) is 0 Å². The van der Waals surface area contributed by atoms with Crippen LogP contribution in [0.25, 0.3) is 0 Å². The van der Waals surface area contributed by atoms with Gasteiger partial charge >= 0.3 is 5.97 Å². The fourth-order valence-corrected chi connectivity index (χ4v) is 2.74. The Morgan fingerprint density at radius 2 is 2.22 bits per heavy atom. The number of piperidine rings is 1. The molecule has 8 nitrogen and oxygen atoms in total. The van der Waals surface area contributed by atoms with Crippen LogP contribution in [-0.2, 0) is 9.53 Å². The molecule has 0 saturated carbocycles. The summed E-state index contributed by atoms with van der Waals surface area (Å²) < 4.78 is 5.03. The third kappa shape index (κ3) is 3.77. The van der Waals surface area contributed by atoms with Crippen molar-refractivity contribution in [1.82, 2.24) is 0 Å². The van der Waals surface area contributed by atoms with Crippen molar-refractivity contribution in [1.29, 1.82) is 0 Å². The van der Waals surface area contributed by atoms with Gasteiger partial charge in [0.05, 0.1) is 17.4 Å². The molecule has 0 bridgehead atoms. The zero-order chi connectivity index (χ0) is 17.0. The first kappa shape index (κ1) is 16.7. The zero-order valence-corrected chi connectivity index (χ0v) is 12.9. The van der Waals surface area contributed by atoms with Crippen LogP contribution in [0.5, 0.6) is 0 Å². The van der Waals surface area contributed by atoms with Crippen molar-refractivity contribution in [2.24, 2.45) is 11.7 Å². The van der Waals surface area contributed by atoms with Crippen LogP contribution in [0.3, 0.4) is 0 Å². The van der Waals surface area contributed by atoms with E-state index in [2.05, 4.69) is 0 Å². The maximum absolute atomic E-state index is 11.9. The molecule has 2 N–H and O–H groups in total. The van der Waals surface area contributed by atoms with Crippen LogP contribution in [0.2, 0.25) is 0 Å². The predicted molar refractivity (Wildman–Crippen MR) is 83.2 cm³/mol. The summed E-state index contributed by atoms with van der Waals surface area (Å²) >= 11 is 0. The average molecular weight is 321 g/mol. The van der Waals surface area contributed by atoms with Crippen LogP contribution >= 0.6 is 0 Å². The van der Waals surface area contributed by atoms with E-state index in [1.165, 1.54) is 18.2 Å². The molecule has 8 heteroatoms. The van der Waals surface area contributed by atoms with Crippen molar-refractivity contribution in [2.45, 2.75) is 19.8 Å². The number of carbonyl (C=O) groups is 2. The van der Waals surface area contributed by atoms with Gasteiger partial charge in [-0.2, -0.15) is 0 Å². The molecule has 1 unspecified atom stereocenters. The molecule has 0 spiro atoms. The quantitative estimate of drug-likeness (QED) is 0.499. The van der Waals surface area contributed by atoms with Crippen molar-refractivity contribution >= 4 is 23.3 Å². The van der Waals surface area contributed by atoms with E-state index in [0.717, 1.165) is 6.42 Å². The van der Waals surface area contributed by atoms with E-state index in [-0.39, 0.29) is 23.1 Å². The number of ether oxygens (including phenoxy) is 1. The predicted octanol–water partition coefficient (Wildman–Crippen LogP) is 1.47. The summed E-state index contributed by atoms with van der Waals surface area (Å²) in [5.74, 6) is -1.31. The highest BCUT2D eigenvalue weighted by molar-refractivity contribution is 5.94. The first-order chi connectivity index (χ1) is 10.9. The molecule has 124 valence electrons. The van der Waals surface area contributed by atoms with Crippen molar-refractivity contribution in [2.75, 3.05) is 24.6 Å². The van der Waals surface area contributed by atoms with Gasteiger partial charge in [-0.3, -0.25) is 19.7 Å². The third-order valence-electron chi connectivity index (χ3n) is 3.84. The number of amides is 1. The van der Waals surface area contributed by atoms with Gasteiger partial charge in [-0.15, -0.1) is 0 Å². The highest BCUT2D eigenvalue weighted by atomic mass is 16.6. The second-order valence-electron chi connectivity index (χ2n) is 5.36. The van der Waals surface area contributed by atoms with Gasteiger partial charge < -0.3 is 15.4 Å². The Morgan fingerprint density at radius 3 is 2.83 bits per heavy atom. The van der Waals surface area contributed by atoms with Crippen LogP contribution in [0.4, 0.5) is 11.4 Å². The minimum absolute atomic E-state index is 0.0828. The molecule has 1 fully saturated rings. The number of anilines is 1. The molecule has 1 aromatic carbocycles. The maximum Gasteiger partial charge on any atom is 0.310 e. The van der Waals surface area contributed by atoms with Gasteiger partial charge in [0.2, 0.25) is 5.91 Å². The Hall–Kier alpha value is -2.64. The van der Waals surface area contributed by atoms with E-state index in [0.29, 0.717) is 31.8 Å². The molecule has 1 aliphatic rings. The maximum atomic E-state index is 11.9. The molecule has 0 radical (unpaired) electrons. The van der Waals surface area contributed by atoms with E-state index in [9.17, 15) is 19.7 Å². The number of esters is 1. The third-order valence-corrected chi connectivity index (χ3v) is 3.84. The standard InChI is InChI=1S/C15H19N3O5/c1-2-23-15(20)11-4-3-7-17(9-11)12-6-5-10(14(16)19)8-13(12)18(21)22/h5-6,8,11H,2-4,7,9H2,1H3,(H2,16,19). The molecule has 1 amide bonds. The highest BCUT2D eigenvalue weighted by Gasteiger charge is 2.30. The van der Waals surface area contributed by atoms with Gasteiger partial charge in [0.1, 0.15) is 5.69 Å². The molecule has 1 atom stereocenters. The minimum Gasteiger partial charge on any atom is -0.466 e. The Kier molecular flexibility index (Phi) is 5.15. The summed E-state index contributed by atoms with van der Waals surface area (Å²) in [6.45, 7) is 3.01. The number of nitrogens with two attached hydrogens (primary N) is 1. The van der Waals surface area contributed by atoms with Gasteiger partial charge in [0.25, 0.3) is 5.69 Å². The molecular weight excluding hydrogens is 302 g/mol. The fourth-order valence-electron chi connectivity index (χ4n) is 2.74. The van der Waals surface area contributed by atoms with E-state index in [4.69, 9.17) is 10.5 Å². The van der Waals surface area contributed by atoms with Crippen LogP contribution in [0, 0.1) is 16.0 Å². The second kappa shape index (κ2) is 7.08. The van der Waals surface area contributed by atoms with E-state index >= 15 is 0 Å². The lowest BCUT2D eigenvalue weighted by molar-refractivity contribution is -0.384. The Bertz CT molecular complexity index is 632. The number of rotatable bonds is 5. The Morgan fingerprint density at radius 1 is 1.48 bits per heavy atom. The largest absolute Gasteiger partial charge is 0.466 e. The van der Waals surface area contributed by atoms with Crippen LogP contribution in [0.1, 0.15) is 30.1 Å². The van der Waals surface area contributed by atoms with Gasteiger partial charge in [0, 0.05) is 24.7 Å². The second-order valence-corrected chi connectivity index (χ2v) is 5.36. The van der Waals surface area contributed by atoms with Crippen LogP contribution < -0.4 is 10.6 Å². The molecule has 1 aromatic rings. The molecular formula is C15H19N3O5. The number of nitro groups is 1. The van der Waals surface area contributed by atoms with Crippen LogP contribution in [-0.4, -0.2) is 36.5 Å². The van der Waals surface area contributed by atoms with Gasteiger partial charge in [-0.25, -0.2) is 0 Å². The van der Waals surface area contributed by atoms with Gasteiger partial charge in [0.15, 0.2) is 0 Å². The first-order valence-corrected chi connectivity index (χ1v) is 7.43. The van der Waals surface area contributed by atoms with E-state index in [1.807, 2.05) is 0 Å². The number of carbonyl (C=O) groups excluding carboxylic acids is 2. The molecule has 23 heavy (non-hydrogen) atoms. The fraction of sp³-hybridized carbons (Fsp3) is 0.467. The highest BCUT2D eigenvalue weighted by Crippen LogP contribution is 2.32. The average Bonchev–Trinajstić information content (AvgIpc) is 2.54. The number of benzene rings is 1. The van der Waals surface area contributed by atoms with E-state index in [1.54, 1.807) is 11.8 Å². The SMILES string of the molecule is CCOC(=O)C1CCCN(c2ccc(C(N)=O)cc2[N+](=O)[O-])C1. The minimum atomic E-state index is -0.720. The van der Waals surface area contributed by atoms with Crippen molar-refractivity contribution in [3.63, 3.8) is 0 Å². The first-order valence-electron chi connectivity index (χ1n) is 7.43. The topological polar surface area (TPSA) is 116 Å². The lowest BCUT2D eigenvalue weighted by atomic mass is 9.97. The lowest BCUT2D eigenvalue weighted by Crippen LogP contribution is -2.39. The summed E-state index contributed by atoms with van der Waals surface area (Å²) in [4.78, 5) is 35.6. The van der Waals surface area contributed by atoms with Gasteiger partial charge in [-0.05, 0) is 31.9 Å². The smallest absolute Gasteiger partial charge is 0.310 e. The number of hydrogen-bond donors (Lipinski definition) is 1. The van der Waals surface area contributed by atoms with Crippen LogP contribution in [0.15, 0.2) is 18.2 Å². The Labute approximate surface area is 133 Å². The summed E-state index contributed by atoms with van der Waals surface area (Å²) in [7, 11) is 0. The molecule has 0 aliphatic carbocycles. The summed E-state index contributed by atoms with van der Waals surface area (Å²) in [5, 5.41) is 11.3. The number of nitrogens with zero attached hydrogens (tertiary/aromatic N) is 2. The van der Waals surface area contributed by atoms with Gasteiger partial charge in [-0.1, -0.05) is 0 Å². The lowest BCUT2D eigenvalue weighted by Gasteiger charge is -2.32. The van der Waals surface area contributed by atoms with Crippen molar-refractivity contribution < 1.29 is 19.2 Å². The van der Waals surface area contributed by atoms with E-state index < -0.39 is 10.8 Å². The summed E-state index contributed by atoms with van der Waals surface area (Å²) in [6.07, 6.45) is 1.43. The monoisotopic (exact) mass is 321 g/mol. The molecule has 1 aliphatic heterocycles.